The monoisotopic (exact) mass is 483 g/mol. The Kier molecular flexibility index (Phi) is 6.24. The molecule has 35 heavy (non-hydrogen) atoms. The predicted molar refractivity (Wildman–Crippen MR) is 141 cm³/mol. The van der Waals surface area contributed by atoms with Crippen LogP contribution in [0.15, 0.2) is 72.8 Å². The average Bonchev–Trinajstić information content (AvgIpc) is 3.21. The summed E-state index contributed by atoms with van der Waals surface area (Å²) in [5.74, 6) is -0.594. The Hall–Kier alpha value is -3.74. The van der Waals surface area contributed by atoms with E-state index in [1.165, 1.54) is 0 Å². The van der Waals surface area contributed by atoms with Gasteiger partial charge in [-0.05, 0) is 54.1 Å². The molecule has 0 aliphatic rings. The van der Waals surface area contributed by atoms with Crippen molar-refractivity contribution in [2.45, 2.75) is 26.4 Å². The molecule has 0 fully saturated rings. The van der Waals surface area contributed by atoms with E-state index in [1.807, 2.05) is 62.4 Å². The first-order valence-corrected chi connectivity index (χ1v) is 12.3. The Balaban J connectivity index is 1.70. The fourth-order valence-corrected chi connectivity index (χ4v) is 5.65. The molecule has 0 radical (unpaired) electrons. The maximum Gasteiger partial charge on any atom is 0.336 e. The summed E-state index contributed by atoms with van der Waals surface area (Å²) in [6, 6.07) is 23.1. The van der Waals surface area contributed by atoms with Crippen molar-refractivity contribution in [1.82, 2.24) is 4.98 Å². The molecule has 0 aliphatic carbocycles. The number of rotatable bonds is 7. The third-order valence-corrected chi connectivity index (χ3v) is 7.56. The van der Waals surface area contributed by atoms with Crippen LogP contribution in [0.1, 0.15) is 39.6 Å². The largest absolute Gasteiger partial charge is 0.485 e. The zero-order chi connectivity index (χ0) is 24.5. The number of hydrogen-bond donors (Lipinski definition) is 2. The standard InChI is InChI=1S/C29H25NO4S/c1-17-12-13-24(34-23(14-15-31)19-8-4-3-5-9-19)26-21(29(32)33)16-22(30-27(17)26)28-18(2)20-10-6-7-11-25(20)35-28/h3-13,16,23,31H,14-15H2,1-2H3,(H,32,33)/t23-/m0/s1. The van der Waals surface area contributed by atoms with Crippen LogP contribution in [0.2, 0.25) is 0 Å². The fourth-order valence-electron chi connectivity index (χ4n) is 4.48. The third-order valence-electron chi connectivity index (χ3n) is 6.26. The first-order chi connectivity index (χ1) is 17.0. The van der Waals surface area contributed by atoms with Gasteiger partial charge in [-0.25, -0.2) is 9.78 Å². The lowest BCUT2D eigenvalue weighted by molar-refractivity contribution is 0.0698. The Morgan fingerprint density at radius 1 is 1.03 bits per heavy atom. The van der Waals surface area contributed by atoms with Crippen LogP contribution in [0.25, 0.3) is 31.6 Å². The van der Waals surface area contributed by atoms with Crippen molar-refractivity contribution in [1.29, 1.82) is 0 Å². The minimum absolute atomic E-state index is 0.0528. The molecule has 0 saturated carbocycles. The molecule has 2 heterocycles. The number of aryl methyl sites for hydroxylation is 2. The number of carboxylic acids is 1. The summed E-state index contributed by atoms with van der Waals surface area (Å²) in [4.78, 5) is 18.4. The van der Waals surface area contributed by atoms with E-state index in [4.69, 9.17) is 9.72 Å². The van der Waals surface area contributed by atoms with Crippen LogP contribution in [0.4, 0.5) is 0 Å². The van der Waals surface area contributed by atoms with Gasteiger partial charge in [0.2, 0.25) is 0 Å². The van der Waals surface area contributed by atoms with Crippen molar-refractivity contribution >= 4 is 38.3 Å². The first-order valence-electron chi connectivity index (χ1n) is 11.5. The third kappa shape index (κ3) is 4.27. The number of thiophene rings is 1. The lowest BCUT2D eigenvalue weighted by Gasteiger charge is -2.21. The number of pyridine rings is 1. The number of benzene rings is 3. The van der Waals surface area contributed by atoms with Crippen molar-refractivity contribution in [3.63, 3.8) is 0 Å². The highest BCUT2D eigenvalue weighted by molar-refractivity contribution is 7.22. The maximum atomic E-state index is 12.5. The second kappa shape index (κ2) is 9.49. The van der Waals surface area contributed by atoms with Gasteiger partial charge in [0.25, 0.3) is 0 Å². The van der Waals surface area contributed by atoms with Gasteiger partial charge in [0.05, 0.1) is 27.0 Å². The van der Waals surface area contributed by atoms with Crippen molar-refractivity contribution in [3.05, 3.63) is 95.1 Å². The average molecular weight is 484 g/mol. The van der Waals surface area contributed by atoms with Crippen LogP contribution in [0.5, 0.6) is 5.75 Å². The highest BCUT2D eigenvalue weighted by Gasteiger charge is 2.22. The number of ether oxygens (including phenoxy) is 1. The number of aliphatic hydroxyl groups excluding tert-OH is 1. The number of aliphatic hydroxyl groups is 1. The molecule has 2 aromatic heterocycles. The molecule has 0 bridgehead atoms. The second-order valence-corrected chi connectivity index (χ2v) is 9.60. The molecule has 3 aromatic carbocycles. The van der Waals surface area contributed by atoms with Crippen LogP contribution < -0.4 is 4.74 Å². The van der Waals surface area contributed by atoms with Gasteiger partial charge < -0.3 is 14.9 Å². The van der Waals surface area contributed by atoms with E-state index in [9.17, 15) is 15.0 Å². The van der Waals surface area contributed by atoms with Gasteiger partial charge in [-0.3, -0.25) is 0 Å². The van der Waals surface area contributed by atoms with E-state index < -0.39 is 12.1 Å². The molecule has 2 N–H and O–H groups in total. The number of aromatic carboxylic acids is 1. The molecule has 0 aliphatic heterocycles. The van der Waals surface area contributed by atoms with E-state index in [2.05, 4.69) is 12.1 Å². The molecular formula is C29H25NO4S. The zero-order valence-electron chi connectivity index (χ0n) is 19.5. The maximum absolute atomic E-state index is 12.5. The fraction of sp³-hybridized carbons (Fsp3) is 0.172. The Labute approximate surface area is 207 Å². The van der Waals surface area contributed by atoms with Crippen LogP contribution >= 0.6 is 11.3 Å². The first kappa shape index (κ1) is 23.0. The Morgan fingerprint density at radius 3 is 2.49 bits per heavy atom. The molecule has 0 saturated heterocycles. The molecule has 6 heteroatoms. The van der Waals surface area contributed by atoms with Gasteiger partial charge in [0.15, 0.2) is 0 Å². The Bertz CT molecular complexity index is 1540. The smallest absolute Gasteiger partial charge is 0.336 e. The number of carbonyl (C=O) groups is 1. The predicted octanol–water partition coefficient (Wildman–Crippen LogP) is 6.93. The Morgan fingerprint density at radius 2 is 1.77 bits per heavy atom. The second-order valence-electron chi connectivity index (χ2n) is 8.55. The molecule has 5 rings (SSSR count). The summed E-state index contributed by atoms with van der Waals surface area (Å²) < 4.78 is 7.50. The van der Waals surface area contributed by atoms with Gasteiger partial charge >= 0.3 is 5.97 Å². The van der Waals surface area contributed by atoms with Crippen molar-refractivity contribution in [2.24, 2.45) is 0 Å². The topological polar surface area (TPSA) is 79.7 Å². The highest BCUT2D eigenvalue weighted by atomic mass is 32.1. The van der Waals surface area contributed by atoms with E-state index in [0.717, 1.165) is 31.7 Å². The van der Waals surface area contributed by atoms with Gasteiger partial charge in [0, 0.05) is 17.7 Å². The molecule has 0 unspecified atom stereocenters. The van der Waals surface area contributed by atoms with Gasteiger partial charge in [-0.15, -0.1) is 11.3 Å². The molecular weight excluding hydrogens is 458 g/mol. The number of hydrogen-bond acceptors (Lipinski definition) is 5. The van der Waals surface area contributed by atoms with E-state index in [1.54, 1.807) is 23.5 Å². The summed E-state index contributed by atoms with van der Waals surface area (Å²) in [5.41, 5.74) is 4.27. The van der Waals surface area contributed by atoms with E-state index in [-0.39, 0.29) is 12.2 Å². The van der Waals surface area contributed by atoms with Gasteiger partial charge in [-0.1, -0.05) is 54.6 Å². The number of fused-ring (bicyclic) bond motifs is 2. The van der Waals surface area contributed by atoms with Crippen LogP contribution in [0.3, 0.4) is 0 Å². The SMILES string of the molecule is Cc1c(-c2cc(C(=O)O)c3c(O[C@@H](CCO)c4ccccc4)ccc(C)c3n2)sc2ccccc12. The molecule has 176 valence electrons. The summed E-state index contributed by atoms with van der Waals surface area (Å²) in [6.45, 7) is 3.92. The number of aromatic nitrogens is 1. The van der Waals surface area contributed by atoms with E-state index in [0.29, 0.717) is 28.8 Å². The summed E-state index contributed by atoms with van der Waals surface area (Å²) in [6.07, 6.45) is -0.0351. The molecule has 5 nitrogen and oxygen atoms in total. The summed E-state index contributed by atoms with van der Waals surface area (Å²) >= 11 is 1.62. The van der Waals surface area contributed by atoms with Crippen LogP contribution in [0, 0.1) is 13.8 Å². The van der Waals surface area contributed by atoms with Crippen molar-refractivity contribution < 1.29 is 19.7 Å². The van der Waals surface area contributed by atoms with Gasteiger partial charge in [-0.2, -0.15) is 0 Å². The van der Waals surface area contributed by atoms with Gasteiger partial charge in [0.1, 0.15) is 11.9 Å². The minimum atomic E-state index is -1.04. The highest BCUT2D eigenvalue weighted by Crippen LogP contribution is 2.41. The quantitative estimate of drug-likeness (QED) is 0.262. The van der Waals surface area contributed by atoms with Crippen LogP contribution in [-0.2, 0) is 0 Å². The lowest BCUT2D eigenvalue weighted by Crippen LogP contribution is -2.11. The van der Waals surface area contributed by atoms with Crippen molar-refractivity contribution in [3.8, 4) is 16.3 Å². The minimum Gasteiger partial charge on any atom is -0.485 e. The van der Waals surface area contributed by atoms with E-state index >= 15 is 0 Å². The normalized spacial score (nSPS) is 12.2. The molecule has 0 spiro atoms. The number of nitrogens with zero attached hydrogens (tertiary/aromatic N) is 1. The summed E-state index contributed by atoms with van der Waals surface area (Å²) in [7, 11) is 0. The lowest BCUT2D eigenvalue weighted by atomic mass is 10.0. The molecule has 5 aromatic rings. The van der Waals surface area contributed by atoms with Crippen LogP contribution in [-0.4, -0.2) is 27.8 Å². The zero-order valence-corrected chi connectivity index (χ0v) is 20.3. The number of carboxylic acid groups (broad SMARTS) is 1. The van der Waals surface area contributed by atoms with Crippen molar-refractivity contribution in [2.75, 3.05) is 6.61 Å². The molecule has 1 atom stereocenters. The molecule has 0 amide bonds. The summed E-state index contributed by atoms with van der Waals surface area (Å²) in [5, 5.41) is 21.5.